The molecule has 2 saturated heterocycles. The van der Waals surface area contributed by atoms with E-state index >= 15 is 0 Å². The lowest BCUT2D eigenvalue weighted by Gasteiger charge is -2.31. The highest BCUT2D eigenvalue weighted by molar-refractivity contribution is 7.10. The van der Waals surface area contributed by atoms with Gasteiger partial charge in [-0.2, -0.15) is 0 Å². The maximum atomic E-state index is 12.3. The van der Waals surface area contributed by atoms with Crippen molar-refractivity contribution in [1.82, 2.24) is 15.1 Å². The number of amides is 2. The molecule has 1 atom stereocenters. The number of aliphatic hydroxyl groups is 1. The number of hydrogen-bond acceptors (Lipinski definition) is 4. The highest BCUT2D eigenvalue weighted by Crippen LogP contribution is 2.27. The van der Waals surface area contributed by atoms with Gasteiger partial charge in [0.2, 0.25) is 0 Å². The smallest absolute Gasteiger partial charge is 0.317 e. The predicted molar refractivity (Wildman–Crippen MR) is 88.1 cm³/mol. The number of nitrogens with zero attached hydrogens (tertiary/aromatic N) is 2. The molecule has 2 fully saturated rings. The molecule has 1 aromatic heterocycles. The molecule has 2 aliphatic rings. The van der Waals surface area contributed by atoms with E-state index in [1.165, 1.54) is 17.7 Å². The zero-order valence-corrected chi connectivity index (χ0v) is 13.7. The van der Waals surface area contributed by atoms with Crippen molar-refractivity contribution in [3.8, 4) is 0 Å². The Balaban J connectivity index is 1.56. The van der Waals surface area contributed by atoms with Gasteiger partial charge in [-0.05, 0) is 50.2 Å². The van der Waals surface area contributed by atoms with Crippen LogP contribution in [0.2, 0.25) is 0 Å². The summed E-state index contributed by atoms with van der Waals surface area (Å²) in [5.74, 6) is 0. The molecule has 5 nitrogen and oxygen atoms in total. The Morgan fingerprint density at radius 1 is 1.32 bits per heavy atom. The fourth-order valence-corrected chi connectivity index (χ4v) is 4.17. The molecule has 2 N–H and O–H groups in total. The second kappa shape index (κ2) is 7.44. The highest BCUT2D eigenvalue weighted by Gasteiger charge is 2.26. The topological polar surface area (TPSA) is 55.8 Å². The number of aliphatic hydroxyl groups excluding tert-OH is 1. The first-order chi connectivity index (χ1) is 10.7. The van der Waals surface area contributed by atoms with Gasteiger partial charge in [0.15, 0.2) is 0 Å². The van der Waals surface area contributed by atoms with Crippen LogP contribution in [0, 0.1) is 0 Å². The maximum Gasteiger partial charge on any atom is 0.317 e. The Morgan fingerprint density at radius 2 is 2.05 bits per heavy atom. The number of carbonyl (C=O) groups is 1. The molecule has 6 heteroatoms. The van der Waals surface area contributed by atoms with Gasteiger partial charge in [0.1, 0.15) is 0 Å². The molecule has 2 aliphatic heterocycles. The molecule has 0 spiro atoms. The SMILES string of the molecule is O=C(NC[C@@H](c1cccs1)N1CCCC1)N1CCC(O)CC1. The molecule has 0 unspecified atom stereocenters. The van der Waals surface area contributed by atoms with Crippen molar-refractivity contribution < 1.29 is 9.90 Å². The number of carbonyl (C=O) groups excluding carboxylic acids is 1. The third-order valence-corrected chi connectivity index (χ3v) is 5.62. The molecule has 3 rings (SSSR count). The second-order valence-corrected chi connectivity index (χ2v) is 7.16. The number of thiophene rings is 1. The number of urea groups is 1. The Kier molecular flexibility index (Phi) is 5.33. The van der Waals surface area contributed by atoms with E-state index in [9.17, 15) is 9.90 Å². The first kappa shape index (κ1) is 15.8. The molecule has 22 heavy (non-hydrogen) atoms. The van der Waals surface area contributed by atoms with E-state index in [0.29, 0.717) is 38.5 Å². The van der Waals surface area contributed by atoms with Crippen LogP contribution in [0.15, 0.2) is 17.5 Å². The summed E-state index contributed by atoms with van der Waals surface area (Å²) >= 11 is 1.77. The Hall–Kier alpha value is -1.11. The van der Waals surface area contributed by atoms with Crippen molar-refractivity contribution in [3.05, 3.63) is 22.4 Å². The summed E-state index contributed by atoms with van der Waals surface area (Å²) in [4.78, 5) is 17.9. The molecule has 122 valence electrons. The van der Waals surface area contributed by atoms with E-state index in [2.05, 4.69) is 27.7 Å². The summed E-state index contributed by atoms with van der Waals surface area (Å²) < 4.78 is 0. The molecule has 0 bridgehead atoms. The van der Waals surface area contributed by atoms with Crippen LogP contribution in [0.5, 0.6) is 0 Å². The van der Waals surface area contributed by atoms with Crippen molar-refractivity contribution in [1.29, 1.82) is 0 Å². The fraction of sp³-hybridized carbons (Fsp3) is 0.688. The minimum atomic E-state index is -0.243. The highest BCUT2D eigenvalue weighted by atomic mass is 32.1. The molecule has 0 saturated carbocycles. The van der Waals surface area contributed by atoms with Gasteiger partial charge in [-0.3, -0.25) is 4.90 Å². The van der Waals surface area contributed by atoms with Gasteiger partial charge in [0.25, 0.3) is 0 Å². The van der Waals surface area contributed by atoms with E-state index < -0.39 is 0 Å². The average Bonchev–Trinajstić information content (AvgIpc) is 3.22. The van der Waals surface area contributed by atoms with Gasteiger partial charge in [-0.25, -0.2) is 4.79 Å². The first-order valence-corrected chi connectivity index (χ1v) is 9.10. The second-order valence-electron chi connectivity index (χ2n) is 6.18. The summed E-state index contributed by atoms with van der Waals surface area (Å²) in [6.07, 6.45) is 3.63. The van der Waals surface area contributed by atoms with Crippen molar-refractivity contribution >= 4 is 17.4 Å². The number of rotatable bonds is 4. The van der Waals surface area contributed by atoms with Gasteiger partial charge in [-0.15, -0.1) is 11.3 Å². The van der Waals surface area contributed by atoms with Crippen LogP contribution >= 0.6 is 11.3 Å². The summed E-state index contributed by atoms with van der Waals surface area (Å²) in [5.41, 5.74) is 0. The standard InChI is InChI=1S/C16H25N3O2S/c20-13-5-9-19(10-6-13)16(21)17-12-14(15-4-3-11-22-15)18-7-1-2-8-18/h3-4,11,13-14,20H,1-2,5-10,12H2,(H,17,21)/t14-/m0/s1. The molecule has 2 amide bonds. The summed E-state index contributed by atoms with van der Waals surface area (Å²) in [5, 5.41) is 14.7. The maximum absolute atomic E-state index is 12.3. The summed E-state index contributed by atoms with van der Waals surface area (Å²) in [6, 6.07) is 4.54. The average molecular weight is 323 g/mol. The van der Waals surface area contributed by atoms with Crippen LogP contribution < -0.4 is 5.32 Å². The van der Waals surface area contributed by atoms with E-state index in [1.54, 1.807) is 11.3 Å². The van der Waals surface area contributed by atoms with Crippen LogP contribution in [0.25, 0.3) is 0 Å². The fourth-order valence-electron chi connectivity index (χ4n) is 3.31. The van der Waals surface area contributed by atoms with E-state index in [4.69, 9.17) is 0 Å². The Morgan fingerprint density at radius 3 is 2.68 bits per heavy atom. The van der Waals surface area contributed by atoms with Crippen LogP contribution in [0.1, 0.15) is 36.6 Å². The van der Waals surface area contributed by atoms with E-state index in [1.807, 2.05) is 4.90 Å². The number of nitrogens with one attached hydrogen (secondary N) is 1. The Bertz CT molecular complexity index is 466. The third kappa shape index (κ3) is 3.80. The van der Waals surface area contributed by atoms with Crippen molar-refractivity contribution in [2.24, 2.45) is 0 Å². The van der Waals surface area contributed by atoms with Gasteiger partial charge >= 0.3 is 6.03 Å². The summed E-state index contributed by atoms with van der Waals surface area (Å²) in [6.45, 7) is 4.21. The van der Waals surface area contributed by atoms with Gasteiger partial charge in [0, 0.05) is 24.5 Å². The normalized spacial score (nSPS) is 22.0. The number of hydrogen-bond donors (Lipinski definition) is 2. The zero-order valence-electron chi connectivity index (χ0n) is 12.9. The van der Waals surface area contributed by atoms with Crippen molar-refractivity contribution in [2.75, 3.05) is 32.7 Å². The molecule has 0 aliphatic carbocycles. The number of piperidine rings is 1. The van der Waals surface area contributed by atoms with E-state index in [-0.39, 0.29) is 12.1 Å². The van der Waals surface area contributed by atoms with Gasteiger partial charge in [-0.1, -0.05) is 6.07 Å². The molecular formula is C16H25N3O2S. The molecule has 1 aromatic rings. The lowest BCUT2D eigenvalue weighted by atomic mass is 10.1. The lowest BCUT2D eigenvalue weighted by molar-refractivity contribution is 0.0929. The largest absolute Gasteiger partial charge is 0.393 e. The first-order valence-electron chi connectivity index (χ1n) is 8.22. The molecule has 3 heterocycles. The molecule has 0 radical (unpaired) electrons. The lowest BCUT2D eigenvalue weighted by Crippen LogP contribution is -2.47. The molecule has 0 aromatic carbocycles. The quantitative estimate of drug-likeness (QED) is 0.892. The van der Waals surface area contributed by atoms with Crippen LogP contribution in [-0.4, -0.2) is 59.8 Å². The van der Waals surface area contributed by atoms with Gasteiger partial charge < -0.3 is 15.3 Å². The van der Waals surface area contributed by atoms with Crippen LogP contribution in [0.4, 0.5) is 4.79 Å². The van der Waals surface area contributed by atoms with Crippen LogP contribution in [-0.2, 0) is 0 Å². The Labute approximate surface area is 135 Å². The minimum absolute atomic E-state index is 0.00709. The van der Waals surface area contributed by atoms with Crippen LogP contribution in [0.3, 0.4) is 0 Å². The minimum Gasteiger partial charge on any atom is -0.393 e. The summed E-state index contributed by atoms with van der Waals surface area (Å²) in [7, 11) is 0. The monoisotopic (exact) mass is 323 g/mol. The van der Waals surface area contributed by atoms with Crippen molar-refractivity contribution in [3.63, 3.8) is 0 Å². The number of likely N-dealkylation sites (tertiary alicyclic amines) is 2. The van der Waals surface area contributed by atoms with E-state index in [0.717, 1.165) is 13.1 Å². The third-order valence-electron chi connectivity index (χ3n) is 4.65. The van der Waals surface area contributed by atoms with Gasteiger partial charge in [0.05, 0.1) is 12.1 Å². The predicted octanol–water partition coefficient (Wildman–Crippen LogP) is 2.05. The molecular weight excluding hydrogens is 298 g/mol. The van der Waals surface area contributed by atoms with Crippen molar-refractivity contribution in [2.45, 2.75) is 37.8 Å². The zero-order chi connectivity index (χ0) is 15.4.